The summed E-state index contributed by atoms with van der Waals surface area (Å²) in [5.74, 6) is -0.0563. The number of aromatic nitrogens is 1. The van der Waals surface area contributed by atoms with E-state index in [1.807, 2.05) is 38.1 Å². The maximum absolute atomic E-state index is 13.1. The Morgan fingerprint density at radius 2 is 1.82 bits per heavy atom. The van der Waals surface area contributed by atoms with Crippen LogP contribution < -0.4 is 10.4 Å². The molecule has 2 aromatic carbocycles. The van der Waals surface area contributed by atoms with Gasteiger partial charge < -0.3 is 14.3 Å². The number of ketones is 1. The average Bonchev–Trinajstić information content (AvgIpc) is 2.84. The van der Waals surface area contributed by atoms with Gasteiger partial charge in [0.2, 0.25) is 5.78 Å². The Morgan fingerprint density at radius 1 is 1.06 bits per heavy atom. The van der Waals surface area contributed by atoms with Crippen molar-refractivity contribution in [2.24, 2.45) is 0 Å². The minimum atomic E-state index is -0.879. The van der Waals surface area contributed by atoms with E-state index in [1.54, 1.807) is 48.8 Å². The predicted molar refractivity (Wildman–Crippen MR) is 129 cm³/mol. The molecule has 1 N–H and O–H groups in total. The van der Waals surface area contributed by atoms with Gasteiger partial charge in [-0.3, -0.25) is 9.78 Å². The monoisotopic (exact) mass is 455 g/mol. The fraction of sp³-hybridized carbons (Fsp3) is 0.179. The van der Waals surface area contributed by atoms with E-state index in [0.717, 1.165) is 17.5 Å². The number of ether oxygens (including phenoxy) is 1. The number of pyridine rings is 1. The van der Waals surface area contributed by atoms with Crippen molar-refractivity contribution < 1.29 is 19.1 Å². The molecule has 0 saturated heterocycles. The molecule has 0 atom stereocenters. The molecular weight excluding hydrogens is 430 g/mol. The summed E-state index contributed by atoms with van der Waals surface area (Å²) in [7, 11) is 0. The number of carbonyl (C=O) groups excluding carboxylic acids is 1. The van der Waals surface area contributed by atoms with Crippen LogP contribution in [0.5, 0.6) is 11.5 Å². The van der Waals surface area contributed by atoms with Crippen molar-refractivity contribution in [3.8, 4) is 22.8 Å². The fourth-order valence-electron chi connectivity index (χ4n) is 3.72. The van der Waals surface area contributed by atoms with Gasteiger partial charge >= 0.3 is 5.63 Å². The minimum absolute atomic E-state index is 0.0821. The molecule has 6 nitrogen and oxygen atoms in total. The second kappa shape index (κ2) is 10.2. The summed E-state index contributed by atoms with van der Waals surface area (Å²) < 4.78 is 11.2. The summed E-state index contributed by atoms with van der Waals surface area (Å²) in [5.41, 5.74) is 1.59. The molecule has 0 amide bonds. The van der Waals surface area contributed by atoms with E-state index in [-0.39, 0.29) is 17.2 Å². The summed E-state index contributed by atoms with van der Waals surface area (Å²) in [6.07, 6.45) is 4.26. The number of hydrogen-bond donors (Lipinski definition) is 1. The third kappa shape index (κ3) is 5.07. The van der Waals surface area contributed by atoms with Crippen LogP contribution in [-0.2, 0) is 6.42 Å². The lowest BCUT2D eigenvalue weighted by Crippen LogP contribution is -2.17. The maximum Gasteiger partial charge on any atom is 0.351 e. The van der Waals surface area contributed by atoms with Crippen LogP contribution in [0.2, 0.25) is 0 Å². The Balaban J connectivity index is 1.52. The van der Waals surface area contributed by atoms with E-state index < -0.39 is 17.2 Å². The minimum Gasteiger partial charge on any atom is -0.507 e. The Kier molecular flexibility index (Phi) is 6.87. The molecule has 0 fully saturated rings. The zero-order valence-corrected chi connectivity index (χ0v) is 19.0. The standard InChI is InChI=1S/C28H25NO5/c1-18(2)22-7-3-4-8-23(22)27(31)26-24(30)16-25(34-28(26)32)20-9-11-21(12-10-20)33-15-13-19-6-5-14-29-17-19/h3-12,14,16-18,30H,13,15H2,1-2H3. The predicted octanol–water partition coefficient (Wildman–Crippen LogP) is 5.38. The summed E-state index contributed by atoms with van der Waals surface area (Å²) in [5, 5.41) is 10.6. The number of rotatable bonds is 8. The van der Waals surface area contributed by atoms with Crippen molar-refractivity contribution in [3.63, 3.8) is 0 Å². The van der Waals surface area contributed by atoms with Gasteiger partial charge in [0.05, 0.1) is 6.61 Å². The molecule has 172 valence electrons. The van der Waals surface area contributed by atoms with Crippen molar-refractivity contribution in [1.82, 2.24) is 4.98 Å². The largest absolute Gasteiger partial charge is 0.507 e. The van der Waals surface area contributed by atoms with Crippen LogP contribution in [0.3, 0.4) is 0 Å². The lowest BCUT2D eigenvalue weighted by Gasteiger charge is -2.12. The second-order valence-electron chi connectivity index (χ2n) is 8.21. The van der Waals surface area contributed by atoms with Gasteiger partial charge in [-0.25, -0.2) is 4.79 Å². The highest BCUT2D eigenvalue weighted by Crippen LogP contribution is 2.29. The molecule has 2 aromatic heterocycles. The Morgan fingerprint density at radius 3 is 2.50 bits per heavy atom. The quantitative estimate of drug-likeness (QED) is 0.359. The lowest BCUT2D eigenvalue weighted by atomic mass is 9.92. The summed E-state index contributed by atoms with van der Waals surface area (Å²) in [4.78, 5) is 29.8. The average molecular weight is 456 g/mol. The van der Waals surface area contributed by atoms with Crippen LogP contribution in [0.15, 0.2) is 88.3 Å². The van der Waals surface area contributed by atoms with Crippen molar-refractivity contribution in [1.29, 1.82) is 0 Å². The fourth-order valence-corrected chi connectivity index (χ4v) is 3.72. The SMILES string of the molecule is CC(C)c1ccccc1C(=O)c1c(O)cc(-c2ccc(OCCc3cccnc3)cc2)oc1=O. The number of benzene rings is 2. The first-order valence-corrected chi connectivity index (χ1v) is 11.1. The van der Waals surface area contributed by atoms with E-state index in [0.29, 0.717) is 23.5 Å². The molecule has 0 aliphatic rings. The molecule has 4 aromatic rings. The highest BCUT2D eigenvalue weighted by Gasteiger charge is 2.23. The van der Waals surface area contributed by atoms with Crippen molar-refractivity contribution in [2.75, 3.05) is 6.61 Å². The van der Waals surface area contributed by atoms with E-state index in [1.165, 1.54) is 6.07 Å². The van der Waals surface area contributed by atoms with Gasteiger partial charge in [-0.15, -0.1) is 0 Å². The Labute approximate surface area is 197 Å². The van der Waals surface area contributed by atoms with Crippen molar-refractivity contribution in [3.05, 3.63) is 112 Å². The van der Waals surface area contributed by atoms with Crippen LogP contribution in [0, 0.1) is 0 Å². The molecule has 4 rings (SSSR count). The third-order valence-corrected chi connectivity index (χ3v) is 5.51. The van der Waals surface area contributed by atoms with E-state index in [2.05, 4.69) is 4.98 Å². The first-order chi connectivity index (χ1) is 16.4. The number of carbonyl (C=O) groups is 1. The number of nitrogens with zero attached hydrogens (tertiary/aromatic N) is 1. The van der Waals surface area contributed by atoms with Gasteiger partial charge in [0.1, 0.15) is 22.8 Å². The van der Waals surface area contributed by atoms with Gasteiger partial charge in [0.15, 0.2) is 0 Å². The Bertz CT molecular complexity index is 1340. The van der Waals surface area contributed by atoms with Gasteiger partial charge in [0.25, 0.3) is 0 Å². The molecule has 0 saturated carbocycles. The molecule has 34 heavy (non-hydrogen) atoms. The summed E-state index contributed by atoms with van der Waals surface area (Å²) in [6, 6.07) is 19.2. The maximum atomic E-state index is 13.1. The molecule has 0 bridgehead atoms. The molecule has 0 aliphatic heterocycles. The van der Waals surface area contributed by atoms with E-state index in [4.69, 9.17) is 9.15 Å². The lowest BCUT2D eigenvalue weighted by molar-refractivity contribution is 0.103. The topological polar surface area (TPSA) is 89.6 Å². The molecular formula is C28H25NO5. The van der Waals surface area contributed by atoms with Crippen LogP contribution in [-0.4, -0.2) is 22.5 Å². The zero-order valence-electron chi connectivity index (χ0n) is 19.0. The summed E-state index contributed by atoms with van der Waals surface area (Å²) in [6.45, 7) is 4.42. The van der Waals surface area contributed by atoms with Gasteiger partial charge in [-0.1, -0.05) is 44.2 Å². The molecule has 0 aliphatic carbocycles. The second-order valence-corrected chi connectivity index (χ2v) is 8.21. The molecule has 0 radical (unpaired) electrons. The van der Waals surface area contributed by atoms with Gasteiger partial charge in [-0.2, -0.15) is 0 Å². The summed E-state index contributed by atoms with van der Waals surface area (Å²) >= 11 is 0. The Hall–Kier alpha value is -4.19. The van der Waals surface area contributed by atoms with Crippen molar-refractivity contribution in [2.45, 2.75) is 26.2 Å². The van der Waals surface area contributed by atoms with Crippen LogP contribution in [0.4, 0.5) is 0 Å². The molecule has 6 heteroatoms. The zero-order chi connectivity index (χ0) is 24.1. The molecule has 0 spiro atoms. The first-order valence-electron chi connectivity index (χ1n) is 11.1. The van der Waals surface area contributed by atoms with E-state index >= 15 is 0 Å². The number of hydrogen-bond acceptors (Lipinski definition) is 6. The van der Waals surface area contributed by atoms with Crippen LogP contribution in [0.1, 0.15) is 46.8 Å². The molecule has 0 unspecified atom stereocenters. The highest BCUT2D eigenvalue weighted by atomic mass is 16.5. The number of aromatic hydroxyl groups is 1. The third-order valence-electron chi connectivity index (χ3n) is 5.51. The van der Waals surface area contributed by atoms with Crippen LogP contribution >= 0.6 is 0 Å². The highest BCUT2D eigenvalue weighted by molar-refractivity contribution is 6.11. The first kappa shape index (κ1) is 23.0. The van der Waals surface area contributed by atoms with Gasteiger partial charge in [0, 0.05) is 36.0 Å². The van der Waals surface area contributed by atoms with Gasteiger partial charge in [-0.05, 0) is 47.4 Å². The van der Waals surface area contributed by atoms with Crippen LogP contribution in [0.25, 0.3) is 11.3 Å². The normalized spacial score (nSPS) is 10.9. The van der Waals surface area contributed by atoms with Crippen molar-refractivity contribution >= 4 is 5.78 Å². The van der Waals surface area contributed by atoms with E-state index in [9.17, 15) is 14.7 Å². The molecule has 2 heterocycles. The smallest absolute Gasteiger partial charge is 0.351 e.